The Morgan fingerprint density at radius 2 is 2.26 bits per heavy atom. The molecule has 2 heterocycles. The van der Waals surface area contributed by atoms with E-state index in [0.29, 0.717) is 17.9 Å². The minimum absolute atomic E-state index is 0.0430. The first kappa shape index (κ1) is 13.6. The number of hydrogen-bond acceptors (Lipinski definition) is 5. The molecule has 1 spiro atoms. The fourth-order valence-corrected chi connectivity index (χ4v) is 5.28. The topological polar surface area (TPSA) is 59.0 Å². The Morgan fingerprint density at radius 1 is 1.43 bits per heavy atom. The van der Waals surface area contributed by atoms with Crippen LogP contribution in [0.25, 0.3) is 0 Å². The number of hydrogen-bond donors (Lipinski definition) is 1. The molecule has 1 N–H and O–H groups in total. The van der Waals surface area contributed by atoms with Crippen LogP contribution in [0.2, 0.25) is 0 Å². The molecule has 2 bridgehead atoms. The van der Waals surface area contributed by atoms with Crippen molar-refractivity contribution >= 4 is 5.78 Å². The molecule has 120 valence electrons. The Morgan fingerprint density at radius 3 is 3.04 bits per heavy atom. The molecule has 23 heavy (non-hydrogen) atoms. The Kier molecular flexibility index (Phi) is 2.34. The molecule has 1 aromatic rings. The van der Waals surface area contributed by atoms with Crippen molar-refractivity contribution in [2.24, 2.45) is 0 Å². The summed E-state index contributed by atoms with van der Waals surface area (Å²) in [5, 5.41) is 11.7. The first-order chi connectivity index (χ1) is 11.0. The summed E-state index contributed by atoms with van der Waals surface area (Å²) in [5.74, 6) is 1.22. The van der Waals surface area contributed by atoms with E-state index in [1.54, 1.807) is 13.2 Å². The lowest BCUT2D eigenvalue weighted by atomic mass is 9.51. The second kappa shape index (κ2) is 3.97. The summed E-state index contributed by atoms with van der Waals surface area (Å²) in [4.78, 5) is 14.8. The number of methoxy groups -OCH3 is 1. The van der Waals surface area contributed by atoms with Crippen LogP contribution < -0.4 is 9.47 Å². The molecule has 1 aromatic carbocycles. The van der Waals surface area contributed by atoms with Crippen molar-refractivity contribution in [2.45, 2.75) is 36.0 Å². The second-order valence-corrected chi connectivity index (χ2v) is 7.11. The van der Waals surface area contributed by atoms with Crippen molar-refractivity contribution in [2.75, 3.05) is 20.7 Å². The highest BCUT2D eigenvalue weighted by atomic mass is 16.5. The van der Waals surface area contributed by atoms with Gasteiger partial charge in [0.2, 0.25) is 0 Å². The van der Waals surface area contributed by atoms with Crippen molar-refractivity contribution in [3.05, 3.63) is 35.4 Å². The van der Waals surface area contributed by atoms with Gasteiger partial charge in [-0.2, -0.15) is 0 Å². The first-order valence-electron chi connectivity index (χ1n) is 8.05. The third-order valence-electron chi connectivity index (χ3n) is 6.34. The van der Waals surface area contributed by atoms with E-state index in [2.05, 4.69) is 11.0 Å². The van der Waals surface area contributed by atoms with Crippen LogP contribution in [-0.2, 0) is 16.6 Å². The van der Waals surface area contributed by atoms with E-state index in [4.69, 9.17) is 9.47 Å². The first-order valence-corrected chi connectivity index (χ1v) is 8.05. The SMILES string of the molecule is COc1ccc2c3c1OC1C(=O)C=C[C@@]4(O)C(C2)N(C)CCC314. The number of likely N-dealkylation sites (N-methyl/N-ethyl adjacent to an activating group) is 1. The summed E-state index contributed by atoms with van der Waals surface area (Å²) in [6.45, 7) is 0.837. The maximum atomic E-state index is 12.6. The van der Waals surface area contributed by atoms with Gasteiger partial charge in [-0.15, -0.1) is 0 Å². The number of carbonyl (C=O) groups is 1. The molecule has 4 atom stereocenters. The number of ether oxygens (including phenoxy) is 2. The lowest BCUT2D eigenvalue weighted by molar-refractivity contribution is -0.151. The Bertz CT molecular complexity index is 773. The van der Waals surface area contributed by atoms with E-state index < -0.39 is 17.1 Å². The second-order valence-electron chi connectivity index (χ2n) is 7.11. The van der Waals surface area contributed by atoms with E-state index in [-0.39, 0.29) is 11.8 Å². The highest BCUT2D eigenvalue weighted by Gasteiger charge is 2.71. The van der Waals surface area contributed by atoms with Crippen LogP contribution in [-0.4, -0.2) is 54.2 Å². The maximum absolute atomic E-state index is 12.6. The number of piperidine rings is 1. The zero-order valence-corrected chi connectivity index (χ0v) is 13.2. The van der Waals surface area contributed by atoms with Crippen molar-refractivity contribution < 1.29 is 19.4 Å². The molecule has 0 aromatic heterocycles. The molecule has 0 amide bonds. The molecule has 0 saturated carbocycles. The summed E-state index contributed by atoms with van der Waals surface area (Å²) in [5.41, 5.74) is 0.385. The van der Waals surface area contributed by atoms with Crippen molar-refractivity contribution in [3.8, 4) is 11.5 Å². The van der Waals surface area contributed by atoms with Gasteiger partial charge in [-0.25, -0.2) is 0 Å². The van der Waals surface area contributed by atoms with Crippen LogP contribution in [0.3, 0.4) is 0 Å². The third-order valence-corrected chi connectivity index (χ3v) is 6.34. The molecule has 5 rings (SSSR count). The van der Waals surface area contributed by atoms with Gasteiger partial charge in [-0.3, -0.25) is 9.69 Å². The Balaban J connectivity index is 1.89. The van der Waals surface area contributed by atoms with E-state index in [1.807, 2.05) is 13.1 Å². The predicted octanol–water partition coefficient (Wildman–Crippen LogP) is 0.824. The van der Waals surface area contributed by atoms with Gasteiger partial charge >= 0.3 is 0 Å². The zero-order valence-electron chi connectivity index (χ0n) is 13.2. The number of rotatable bonds is 1. The highest BCUT2D eigenvalue weighted by Crippen LogP contribution is 2.63. The average molecular weight is 313 g/mol. The summed E-state index contributed by atoms with van der Waals surface area (Å²) in [6.07, 6.45) is 4.00. The van der Waals surface area contributed by atoms with E-state index >= 15 is 0 Å². The standard InChI is InChI=1S/C18H19NO4/c1-19-8-7-17-14-10-3-4-12(22-2)15(14)23-16(17)11(20)5-6-18(17,21)13(19)9-10/h3-6,13,16,21H,7-9H2,1-2H3/t13?,16?,17?,18-/m1/s1. The van der Waals surface area contributed by atoms with Gasteiger partial charge in [0.05, 0.1) is 12.5 Å². The quantitative estimate of drug-likeness (QED) is 0.832. The van der Waals surface area contributed by atoms with Crippen molar-refractivity contribution in [3.63, 3.8) is 0 Å². The van der Waals surface area contributed by atoms with Gasteiger partial charge in [-0.05, 0) is 50.2 Å². The number of aliphatic hydroxyl groups is 1. The van der Waals surface area contributed by atoms with Crippen molar-refractivity contribution in [1.29, 1.82) is 0 Å². The Hall–Kier alpha value is -1.85. The average Bonchev–Trinajstić information content (AvgIpc) is 2.90. The fraction of sp³-hybridized carbons (Fsp3) is 0.500. The molecule has 3 unspecified atom stereocenters. The summed E-state index contributed by atoms with van der Waals surface area (Å²) < 4.78 is 11.6. The molecule has 5 heteroatoms. The molecule has 2 aliphatic heterocycles. The summed E-state index contributed by atoms with van der Waals surface area (Å²) >= 11 is 0. The fourth-order valence-electron chi connectivity index (χ4n) is 5.28. The van der Waals surface area contributed by atoms with Crippen LogP contribution in [0.1, 0.15) is 17.5 Å². The Labute approximate surface area is 134 Å². The lowest BCUT2D eigenvalue weighted by Crippen LogP contribution is -2.74. The number of benzene rings is 1. The number of carbonyl (C=O) groups excluding carboxylic acids is 1. The molecular formula is C18H19NO4. The van der Waals surface area contributed by atoms with Crippen LogP contribution in [0.5, 0.6) is 11.5 Å². The number of nitrogens with zero attached hydrogens (tertiary/aromatic N) is 1. The molecule has 2 aliphatic carbocycles. The van der Waals surface area contributed by atoms with Crippen LogP contribution in [0.4, 0.5) is 0 Å². The number of ketones is 1. The minimum Gasteiger partial charge on any atom is -0.493 e. The van der Waals surface area contributed by atoms with Gasteiger partial charge in [0.15, 0.2) is 23.4 Å². The lowest BCUT2D eigenvalue weighted by Gasteiger charge is -2.60. The monoisotopic (exact) mass is 313 g/mol. The van der Waals surface area contributed by atoms with Gasteiger partial charge in [-0.1, -0.05) is 6.07 Å². The molecule has 1 saturated heterocycles. The van der Waals surface area contributed by atoms with Crippen LogP contribution in [0, 0.1) is 0 Å². The number of likely N-dealkylation sites (tertiary alicyclic amines) is 1. The van der Waals surface area contributed by atoms with Gasteiger partial charge in [0, 0.05) is 11.6 Å². The molecule has 1 fully saturated rings. The molecule has 5 nitrogen and oxygen atoms in total. The molecule has 4 aliphatic rings. The van der Waals surface area contributed by atoms with Gasteiger partial charge < -0.3 is 14.6 Å². The van der Waals surface area contributed by atoms with E-state index in [0.717, 1.165) is 24.1 Å². The van der Waals surface area contributed by atoms with Crippen molar-refractivity contribution in [1.82, 2.24) is 4.90 Å². The minimum atomic E-state index is -1.08. The zero-order chi connectivity index (χ0) is 16.0. The van der Waals surface area contributed by atoms with E-state index in [9.17, 15) is 9.90 Å². The normalized spacial score (nSPS) is 39.9. The summed E-state index contributed by atoms with van der Waals surface area (Å²) in [6, 6.07) is 3.92. The largest absolute Gasteiger partial charge is 0.493 e. The third kappa shape index (κ3) is 1.28. The summed E-state index contributed by atoms with van der Waals surface area (Å²) in [7, 11) is 3.65. The molecule has 0 radical (unpaired) electrons. The molecular weight excluding hydrogens is 294 g/mol. The van der Waals surface area contributed by atoms with Gasteiger partial charge in [0.25, 0.3) is 0 Å². The van der Waals surface area contributed by atoms with Crippen LogP contribution >= 0.6 is 0 Å². The smallest absolute Gasteiger partial charge is 0.196 e. The predicted molar refractivity (Wildman–Crippen MR) is 82.9 cm³/mol. The van der Waals surface area contributed by atoms with Gasteiger partial charge in [0.1, 0.15) is 5.60 Å². The van der Waals surface area contributed by atoms with E-state index in [1.165, 1.54) is 6.08 Å². The highest BCUT2D eigenvalue weighted by molar-refractivity contribution is 5.99. The maximum Gasteiger partial charge on any atom is 0.196 e. The van der Waals surface area contributed by atoms with Crippen LogP contribution in [0.15, 0.2) is 24.3 Å².